The van der Waals surface area contributed by atoms with Crippen LogP contribution in [0.1, 0.15) is 44.2 Å². The van der Waals surface area contributed by atoms with Crippen LogP contribution in [0.4, 0.5) is 4.79 Å². The molecule has 1 aromatic rings. The second kappa shape index (κ2) is 7.17. The molecule has 0 aliphatic carbocycles. The maximum Gasteiger partial charge on any atom is 0.410 e. The van der Waals surface area contributed by atoms with Crippen LogP contribution in [0.15, 0.2) is 22.8 Å². The van der Waals surface area contributed by atoms with E-state index in [1.54, 1.807) is 24.1 Å². The Morgan fingerprint density at radius 3 is 2.52 bits per heavy atom. The van der Waals surface area contributed by atoms with E-state index in [2.05, 4.69) is 4.90 Å². The summed E-state index contributed by atoms with van der Waals surface area (Å²) in [6.07, 6.45) is 2.89. The molecule has 0 radical (unpaired) electrons. The molecule has 2 rings (SSSR count). The molecule has 1 saturated heterocycles. The van der Waals surface area contributed by atoms with Crippen molar-refractivity contribution in [1.29, 1.82) is 0 Å². The van der Waals surface area contributed by atoms with Gasteiger partial charge in [0.1, 0.15) is 5.60 Å². The Balaban J connectivity index is 1.79. The van der Waals surface area contributed by atoms with E-state index >= 15 is 0 Å². The first kappa shape index (κ1) is 17.5. The third-order valence-electron chi connectivity index (χ3n) is 3.95. The van der Waals surface area contributed by atoms with Crippen molar-refractivity contribution in [2.75, 3.05) is 26.7 Å². The van der Waals surface area contributed by atoms with Crippen molar-refractivity contribution in [3.8, 4) is 0 Å². The Hall–Kier alpha value is -1.82. The molecule has 0 bridgehead atoms. The number of likely N-dealkylation sites (tertiary alicyclic amines) is 1. The normalized spacial score (nSPS) is 17.0. The topological polar surface area (TPSA) is 63.0 Å². The zero-order chi connectivity index (χ0) is 17.0. The van der Waals surface area contributed by atoms with E-state index in [-0.39, 0.29) is 17.9 Å². The first-order valence-electron chi connectivity index (χ1n) is 8.01. The van der Waals surface area contributed by atoms with Crippen molar-refractivity contribution in [3.05, 3.63) is 24.2 Å². The fourth-order valence-corrected chi connectivity index (χ4v) is 2.67. The Labute approximate surface area is 137 Å². The third-order valence-corrected chi connectivity index (χ3v) is 3.95. The Morgan fingerprint density at radius 1 is 1.35 bits per heavy atom. The van der Waals surface area contributed by atoms with E-state index < -0.39 is 5.60 Å². The average molecular weight is 322 g/mol. The number of ether oxygens (including phenoxy) is 1. The molecule has 1 aromatic heterocycles. The standard InChI is InChI=1S/C17H26N2O4/c1-17(2,3)23-16(21)18(4)13-7-9-19(10-8-13)12-14(20)15-6-5-11-22-15/h5-6,11,13H,7-10,12H2,1-4H3. The minimum atomic E-state index is -0.485. The molecule has 128 valence electrons. The highest BCUT2D eigenvalue weighted by atomic mass is 16.6. The molecule has 0 saturated carbocycles. The zero-order valence-electron chi connectivity index (χ0n) is 14.4. The fourth-order valence-electron chi connectivity index (χ4n) is 2.67. The van der Waals surface area contributed by atoms with Crippen molar-refractivity contribution in [1.82, 2.24) is 9.80 Å². The molecular weight excluding hydrogens is 296 g/mol. The van der Waals surface area contributed by atoms with Crippen LogP contribution in [0.2, 0.25) is 0 Å². The van der Waals surface area contributed by atoms with Crippen LogP contribution in [0.3, 0.4) is 0 Å². The number of ketones is 1. The highest BCUT2D eigenvalue weighted by Crippen LogP contribution is 2.18. The van der Waals surface area contributed by atoms with E-state index in [1.807, 2.05) is 20.8 Å². The number of furan rings is 1. The quantitative estimate of drug-likeness (QED) is 0.798. The van der Waals surface area contributed by atoms with Crippen molar-refractivity contribution in [3.63, 3.8) is 0 Å². The maximum atomic E-state index is 12.1. The van der Waals surface area contributed by atoms with Gasteiger partial charge in [-0.3, -0.25) is 9.69 Å². The SMILES string of the molecule is CN(C(=O)OC(C)(C)C)C1CCN(CC(=O)c2ccco2)CC1. The number of piperidine rings is 1. The van der Waals surface area contributed by atoms with Gasteiger partial charge in [-0.05, 0) is 45.7 Å². The van der Waals surface area contributed by atoms with Gasteiger partial charge in [-0.1, -0.05) is 0 Å². The number of carbonyl (C=O) groups is 2. The molecule has 0 aromatic carbocycles. The van der Waals surface area contributed by atoms with Crippen molar-refractivity contribution < 1.29 is 18.7 Å². The van der Waals surface area contributed by atoms with Crippen molar-refractivity contribution in [2.45, 2.75) is 45.3 Å². The number of hydrogen-bond donors (Lipinski definition) is 0. The molecule has 2 heterocycles. The number of carbonyl (C=O) groups excluding carboxylic acids is 2. The molecule has 0 atom stereocenters. The number of hydrogen-bond acceptors (Lipinski definition) is 5. The second-order valence-corrected chi connectivity index (χ2v) is 7.00. The summed E-state index contributed by atoms with van der Waals surface area (Å²) in [6, 6.07) is 3.56. The van der Waals surface area contributed by atoms with Crippen LogP contribution in [-0.4, -0.2) is 60.0 Å². The van der Waals surface area contributed by atoms with Gasteiger partial charge < -0.3 is 14.1 Å². The third kappa shape index (κ3) is 5.10. The highest BCUT2D eigenvalue weighted by molar-refractivity contribution is 5.95. The van der Waals surface area contributed by atoms with Gasteiger partial charge in [0.15, 0.2) is 5.76 Å². The lowest BCUT2D eigenvalue weighted by atomic mass is 10.0. The van der Waals surface area contributed by atoms with Gasteiger partial charge in [-0.2, -0.15) is 0 Å². The van der Waals surface area contributed by atoms with Gasteiger partial charge >= 0.3 is 6.09 Å². The summed E-state index contributed by atoms with van der Waals surface area (Å²) in [7, 11) is 1.78. The summed E-state index contributed by atoms with van der Waals surface area (Å²) < 4.78 is 10.5. The first-order chi connectivity index (χ1) is 10.8. The highest BCUT2D eigenvalue weighted by Gasteiger charge is 2.29. The molecule has 6 nitrogen and oxygen atoms in total. The fraction of sp³-hybridized carbons (Fsp3) is 0.647. The average Bonchev–Trinajstić information content (AvgIpc) is 3.00. The monoisotopic (exact) mass is 322 g/mol. The lowest BCUT2D eigenvalue weighted by Crippen LogP contribution is -2.47. The summed E-state index contributed by atoms with van der Waals surface area (Å²) in [4.78, 5) is 27.9. The first-order valence-corrected chi connectivity index (χ1v) is 8.01. The maximum absolute atomic E-state index is 12.1. The molecule has 0 spiro atoms. The predicted molar refractivity (Wildman–Crippen MR) is 86.5 cm³/mol. The van der Waals surface area contributed by atoms with Gasteiger partial charge in [-0.25, -0.2) is 4.79 Å². The van der Waals surface area contributed by atoms with Crippen LogP contribution in [0, 0.1) is 0 Å². The number of rotatable bonds is 4. The summed E-state index contributed by atoms with van der Waals surface area (Å²) in [5, 5.41) is 0. The van der Waals surface area contributed by atoms with Crippen LogP contribution >= 0.6 is 0 Å². The summed E-state index contributed by atoms with van der Waals surface area (Å²) in [5.74, 6) is 0.395. The van der Waals surface area contributed by atoms with E-state index in [4.69, 9.17) is 9.15 Å². The minimum absolute atomic E-state index is 0.00560. The Bertz CT molecular complexity index is 525. The Morgan fingerprint density at radius 2 is 2.00 bits per heavy atom. The molecule has 6 heteroatoms. The molecule has 0 N–H and O–H groups in total. The van der Waals surface area contributed by atoms with Gasteiger partial charge in [0.25, 0.3) is 0 Å². The van der Waals surface area contributed by atoms with Gasteiger partial charge in [0, 0.05) is 26.2 Å². The molecule has 1 aliphatic heterocycles. The van der Waals surface area contributed by atoms with Crippen LogP contribution in [0.25, 0.3) is 0 Å². The van der Waals surface area contributed by atoms with E-state index in [1.165, 1.54) is 6.26 Å². The number of Topliss-reactive ketones (excluding diaryl/α,β-unsaturated/α-hetero) is 1. The van der Waals surface area contributed by atoms with E-state index in [0.717, 1.165) is 25.9 Å². The summed E-state index contributed by atoms with van der Waals surface area (Å²) >= 11 is 0. The molecule has 1 fully saturated rings. The molecule has 23 heavy (non-hydrogen) atoms. The lowest BCUT2D eigenvalue weighted by Gasteiger charge is -2.36. The van der Waals surface area contributed by atoms with Crippen molar-refractivity contribution in [2.24, 2.45) is 0 Å². The van der Waals surface area contributed by atoms with E-state index in [9.17, 15) is 9.59 Å². The summed E-state index contributed by atoms with van der Waals surface area (Å²) in [6.45, 7) is 7.51. The van der Waals surface area contributed by atoms with Crippen LogP contribution in [0.5, 0.6) is 0 Å². The number of nitrogens with zero attached hydrogens (tertiary/aromatic N) is 2. The minimum Gasteiger partial charge on any atom is -0.461 e. The zero-order valence-corrected chi connectivity index (χ0v) is 14.4. The molecule has 0 unspecified atom stereocenters. The summed E-state index contributed by atoms with van der Waals surface area (Å²) in [5.41, 5.74) is -0.485. The van der Waals surface area contributed by atoms with Crippen LogP contribution in [-0.2, 0) is 4.74 Å². The van der Waals surface area contributed by atoms with E-state index in [0.29, 0.717) is 12.3 Å². The predicted octanol–water partition coefficient (Wildman–Crippen LogP) is 2.79. The number of amides is 1. The van der Waals surface area contributed by atoms with Crippen LogP contribution < -0.4 is 0 Å². The molecular formula is C17H26N2O4. The lowest BCUT2D eigenvalue weighted by molar-refractivity contribution is 0.0152. The smallest absolute Gasteiger partial charge is 0.410 e. The molecule has 1 aliphatic rings. The van der Waals surface area contributed by atoms with Gasteiger partial charge in [0.05, 0.1) is 12.8 Å². The van der Waals surface area contributed by atoms with Gasteiger partial charge in [0.2, 0.25) is 5.78 Å². The Kier molecular flexibility index (Phi) is 5.46. The molecule has 1 amide bonds. The van der Waals surface area contributed by atoms with Gasteiger partial charge in [-0.15, -0.1) is 0 Å². The second-order valence-electron chi connectivity index (χ2n) is 7.00. The van der Waals surface area contributed by atoms with Crippen molar-refractivity contribution >= 4 is 11.9 Å². The largest absolute Gasteiger partial charge is 0.461 e.